The lowest BCUT2D eigenvalue weighted by molar-refractivity contribution is -0.250. The van der Waals surface area contributed by atoms with Crippen LogP contribution in [0, 0.1) is 5.41 Å². The molecule has 5 rings (SSSR count). The van der Waals surface area contributed by atoms with Gasteiger partial charge < -0.3 is 23.7 Å². The number of carbonyl (C=O) groups is 1. The standard InChI is InChI=1S/C39H45NO6/c1-39(2,3)29-46-37-36(44-27-32-20-12-6-13-21-32)35(43-26-31-18-10-5-11-19-31)34(42-25-30-16-8-4-9-17-30)24-40(37)38(41)45-28-33-22-14-7-15-23-33/h4-23,34-37H,24-29H2,1-3H3/t34-,35-,36+,37+/m1/s1. The molecule has 1 amide bonds. The Balaban J connectivity index is 1.47. The van der Waals surface area contributed by atoms with Crippen molar-refractivity contribution in [1.29, 1.82) is 0 Å². The number of nitrogens with zero attached hydrogens (tertiary/aromatic N) is 1. The second kappa shape index (κ2) is 16.5. The summed E-state index contributed by atoms with van der Waals surface area (Å²) in [6.45, 7) is 8.06. The Morgan fingerprint density at radius 2 is 1.00 bits per heavy atom. The third kappa shape index (κ3) is 9.99. The van der Waals surface area contributed by atoms with E-state index in [1.165, 1.54) is 0 Å². The molecule has 242 valence electrons. The lowest BCUT2D eigenvalue weighted by Crippen LogP contribution is -2.65. The molecule has 1 aliphatic rings. The molecule has 7 nitrogen and oxygen atoms in total. The lowest BCUT2D eigenvalue weighted by atomic mass is 9.96. The number of rotatable bonds is 13. The van der Waals surface area contributed by atoms with Crippen molar-refractivity contribution in [3.8, 4) is 0 Å². The molecular formula is C39H45NO6. The van der Waals surface area contributed by atoms with Crippen LogP contribution in [0.4, 0.5) is 4.79 Å². The highest BCUT2D eigenvalue weighted by Gasteiger charge is 2.49. The van der Waals surface area contributed by atoms with Crippen molar-refractivity contribution < 1.29 is 28.5 Å². The van der Waals surface area contributed by atoms with Crippen LogP contribution in [0.1, 0.15) is 43.0 Å². The van der Waals surface area contributed by atoms with Crippen molar-refractivity contribution in [3.05, 3.63) is 144 Å². The molecule has 46 heavy (non-hydrogen) atoms. The fourth-order valence-corrected chi connectivity index (χ4v) is 5.29. The molecule has 1 fully saturated rings. The molecule has 0 aromatic heterocycles. The van der Waals surface area contributed by atoms with Gasteiger partial charge in [-0.2, -0.15) is 0 Å². The molecule has 0 unspecified atom stereocenters. The van der Waals surface area contributed by atoms with E-state index in [0.29, 0.717) is 26.4 Å². The van der Waals surface area contributed by atoms with E-state index in [4.69, 9.17) is 23.7 Å². The summed E-state index contributed by atoms with van der Waals surface area (Å²) in [5.41, 5.74) is 3.80. The second-order valence-corrected chi connectivity index (χ2v) is 12.8. The van der Waals surface area contributed by atoms with Crippen LogP contribution < -0.4 is 0 Å². The van der Waals surface area contributed by atoms with Crippen molar-refractivity contribution in [3.63, 3.8) is 0 Å². The number of likely N-dealkylation sites (tertiary alicyclic amines) is 1. The number of hydrogen-bond acceptors (Lipinski definition) is 6. The average molecular weight is 624 g/mol. The van der Waals surface area contributed by atoms with Gasteiger partial charge in [-0.1, -0.05) is 142 Å². The summed E-state index contributed by atoms with van der Waals surface area (Å²) in [4.78, 5) is 15.5. The van der Waals surface area contributed by atoms with Gasteiger partial charge in [0, 0.05) is 0 Å². The van der Waals surface area contributed by atoms with Crippen molar-refractivity contribution in [2.45, 2.75) is 71.7 Å². The highest BCUT2D eigenvalue weighted by atomic mass is 16.6. The van der Waals surface area contributed by atoms with E-state index < -0.39 is 30.6 Å². The molecule has 4 atom stereocenters. The molecule has 1 saturated heterocycles. The largest absolute Gasteiger partial charge is 0.444 e. The first-order valence-corrected chi connectivity index (χ1v) is 15.9. The molecule has 4 aromatic rings. The second-order valence-electron chi connectivity index (χ2n) is 12.8. The van der Waals surface area contributed by atoms with E-state index >= 15 is 0 Å². The number of carbonyl (C=O) groups excluding carboxylic acids is 1. The first-order valence-electron chi connectivity index (χ1n) is 15.9. The first kappa shape index (κ1) is 33.4. The van der Waals surface area contributed by atoms with Crippen LogP contribution in [-0.4, -0.2) is 48.7 Å². The van der Waals surface area contributed by atoms with Gasteiger partial charge in [0.05, 0.1) is 33.0 Å². The van der Waals surface area contributed by atoms with Gasteiger partial charge in [-0.15, -0.1) is 0 Å². The van der Waals surface area contributed by atoms with Crippen LogP contribution >= 0.6 is 0 Å². The smallest absolute Gasteiger partial charge is 0.412 e. The van der Waals surface area contributed by atoms with E-state index in [2.05, 4.69) is 20.8 Å². The molecule has 0 N–H and O–H groups in total. The predicted octanol–water partition coefficient (Wildman–Crippen LogP) is 7.78. The minimum absolute atomic E-state index is 0.140. The molecule has 0 aliphatic carbocycles. The van der Waals surface area contributed by atoms with E-state index in [-0.39, 0.29) is 18.6 Å². The van der Waals surface area contributed by atoms with Crippen LogP contribution in [0.15, 0.2) is 121 Å². The van der Waals surface area contributed by atoms with Crippen LogP contribution in [0.25, 0.3) is 0 Å². The van der Waals surface area contributed by atoms with Crippen LogP contribution in [0.2, 0.25) is 0 Å². The van der Waals surface area contributed by atoms with Crippen molar-refractivity contribution in [1.82, 2.24) is 4.90 Å². The molecule has 0 bridgehead atoms. The summed E-state index contributed by atoms with van der Waals surface area (Å²) in [6.07, 6.45) is -3.02. The van der Waals surface area contributed by atoms with Crippen molar-refractivity contribution in [2.75, 3.05) is 13.2 Å². The fourth-order valence-electron chi connectivity index (χ4n) is 5.29. The van der Waals surface area contributed by atoms with Crippen molar-refractivity contribution >= 4 is 6.09 Å². The molecule has 4 aromatic carbocycles. The van der Waals surface area contributed by atoms with Gasteiger partial charge in [0.2, 0.25) is 0 Å². The molecule has 0 saturated carbocycles. The van der Waals surface area contributed by atoms with Crippen LogP contribution in [0.5, 0.6) is 0 Å². The maximum Gasteiger partial charge on any atom is 0.412 e. The van der Waals surface area contributed by atoms with Gasteiger partial charge in [0.1, 0.15) is 24.9 Å². The number of hydrogen-bond donors (Lipinski definition) is 0. The summed E-state index contributed by atoms with van der Waals surface area (Å²) in [7, 11) is 0. The summed E-state index contributed by atoms with van der Waals surface area (Å²) < 4.78 is 32.4. The molecular weight excluding hydrogens is 578 g/mol. The van der Waals surface area contributed by atoms with Gasteiger partial charge >= 0.3 is 6.09 Å². The predicted molar refractivity (Wildman–Crippen MR) is 178 cm³/mol. The summed E-state index contributed by atoms with van der Waals surface area (Å²) in [5, 5.41) is 0. The average Bonchev–Trinajstić information content (AvgIpc) is 3.08. The molecule has 1 heterocycles. The quantitative estimate of drug-likeness (QED) is 0.152. The molecule has 0 radical (unpaired) electrons. The Hall–Kier alpha value is -4.01. The summed E-state index contributed by atoms with van der Waals surface area (Å²) in [5.74, 6) is 0. The summed E-state index contributed by atoms with van der Waals surface area (Å²) in [6, 6.07) is 39.6. The Labute approximate surface area is 273 Å². The van der Waals surface area contributed by atoms with Gasteiger partial charge in [-0.25, -0.2) is 4.79 Å². The first-order chi connectivity index (χ1) is 22.4. The van der Waals surface area contributed by atoms with Gasteiger partial charge in [-0.05, 0) is 27.7 Å². The molecule has 0 spiro atoms. The number of benzene rings is 4. The monoisotopic (exact) mass is 623 g/mol. The summed E-state index contributed by atoms with van der Waals surface area (Å²) >= 11 is 0. The van der Waals surface area contributed by atoms with E-state index in [1.807, 2.05) is 121 Å². The zero-order valence-electron chi connectivity index (χ0n) is 27.0. The molecule has 7 heteroatoms. The SMILES string of the molecule is CC(C)(C)CO[C@H]1[C@@H](OCc2ccccc2)[C@H](OCc2ccccc2)[C@H](OCc2ccccc2)CN1C(=O)OCc1ccccc1. The van der Waals surface area contributed by atoms with Crippen LogP contribution in [0.3, 0.4) is 0 Å². The Bertz CT molecular complexity index is 1450. The third-order valence-electron chi connectivity index (χ3n) is 7.66. The zero-order valence-corrected chi connectivity index (χ0v) is 27.0. The minimum Gasteiger partial charge on any atom is -0.444 e. The highest BCUT2D eigenvalue weighted by Crippen LogP contribution is 2.31. The van der Waals surface area contributed by atoms with Gasteiger partial charge in [0.25, 0.3) is 0 Å². The Morgan fingerprint density at radius 3 is 1.46 bits per heavy atom. The lowest BCUT2D eigenvalue weighted by Gasteiger charge is -2.47. The number of amides is 1. The van der Waals surface area contributed by atoms with Crippen LogP contribution in [-0.2, 0) is 50.1 Å². The Morgan fingerprint density at radius 1 is 0.587 bits per heavy atom. The number of ether oxygens (including phenoxy) is 5. The highest BCUT2D eigenvalue weighted by molar-refractivity contribution is 5.68. The Kier molecular flexibility index (Phi) is 12.0. The number of piperidine rings is 1. The third-order valence-corrected chi connectivity index (χ3v) is 7.66. The van der Waals surface area contributed by atoms with E-state index in [1.54, 1.807) is 4.90 Å². The molecule has 1 aliphatic heterocycles. The van der Waals surface area contributed by atoms with Crippen molar-refractivity contribution in [2.24, 2.45) is 5.41 Å². The van der Waals surface area contributed by atoms with Gasteiger partial charge in [0.15, 0.2) is 6.23 Å². The maximum absolute atomic E-state index is 13.9. The maximum atomic E-state index is 13.9. The van der Waals surface area contributed by atoms with E-state index in [0.717, 1.165) is 22.3 Å². The van der Waals surface area contributed by atoms with E-state index in [9.17, 15) is 4.79 Å². The topological polar surface area (TPSA) is 66.5 Å². The zero-order chi connectivity index (χ0) is 32.2. The minimum atomic E-state index is -0.774. The fraction of sp³-hybridized carbons (Fsp3) is 0.359. The normalized spacial score (nSPS) is 19.9. The van der Waals surface area contributed by atoms with Gasteiger partial charge in [-0.3, -0.25) is 4.90 Å².